The molecule has 6 rings (SSSR count). The summed E-state index contributed by atoms with van der Waals surface area (Å²) >= 11 is 0. The second-order valence-electron chi connectivity index (χ2n) is 7.90. The summed E-state index contributed by atoms with van der Waals surface area (Å²) in [4.78, 5) is 0. The Morgan fingerprint density at radius 1 is 0.233 bits per heavy atom. The van der Waals surface area contributed by atoms with Crippen LogP contribution < -0.4 is 0 Å². The minimum absolute atomic E-state index is 1.26. The predicted molar refractivity (Wildman–Crippen MR) is 130 cm³/mol. The zero-order valence-corrected chi connectivity index (χ0v) is 16.5. The van der Waals surface area contributed by atoms with E-state index in [-0.39, 0.29) is 0 Å². The van der Waals surface area contributed by atoms with E-state index >= 15 is 0 Å². The van der Waals surface area contributed by atoms with Gasteiger partial charge in [0.15, 0.2) is 0 Å². The van der Waals surface area contributed by atoms with Crippen molar-refractivity contribution in [1.82, 2.24) is 0 Å². The molecule has 0 radical (unpaired) electrons. The molecule has 0 heteroatoms. The third-order valence-corrected chi connectivity index (χ3v) is 6.01. The SMILES string of the molecule is c1ccc2cc(-c3ccc4cc(-c5ccc6ccccc6c5)ccc4c3)ccc2c1. The standard InChI is InChI=1S/C30H20/c1-3-7-23-17-25(11-9-21(23)5-1)27-13-15-30-20-28(14-16-29(30)19-27)26-12-10-22-6-2-4-8-24(22)18-26/h1-20H. The largest absolute Gasteiger partial charge is 0.0616 e. The van der Waals surface area contributed by atoms with Gasteiger partial charge in [0.05, 0.1) is 0 Å². The summed E-state index contributed by atoms with van der Waals surface area (Å²) in [6.07, 6.45) is 0. The van der Waals surface area contributed by atoms with Gasteiger partial charge in [-0.1, -0.05) is 97.1 Å². The topological polar surface area (TPSA) is 0 Å². The first-order valence-corrected chi connectivity index (χ1v) is 10.4. The molecule has 0 fully saturated rings. The van der Waals surface area contributed by atoms with E-state index in [2.05, 4.69) is 121 Å². The summed E-state index contributed by atoms with van der Waals surface area (Å²) in [7, 11) is 0. The lowest BCUT2D eigenvalue weighted by Gasteiger charge is -2.09. The molecule has 140 valence electrons. The average Bonchev–Trinajstić information content (AvgIpc) is 2.83. The minimum Gasteiger partial charge on any atom is -0.0616 e. The zero-order chi connectivity index (χ0) is 19.9. The van der Waals surface area contributed by atoms with Gasteiger partial charge >= 0.3 is 0 Å². The van der Waals surface area contributed by atoms with E-state index in [1.807, 2.05) is 0 Å². The van der Waals surface area contributed by atoms with Gasteiger partial charge in [-0.15, -0.1) is 0 Å². The fourth-order valence-electron chi connectivity index (χ4n) is 4.34. The van der Waals surface area contributed by atoms with Crippen LogP contribution in [0.25, 0.3) is 54.6 Å². The lowest BCUT2D eigenvalue weighted by atomic mass is 9.96. The van der Waals surface area contributed by atoms with Crippen molar-refractivity contribution < 1.29 is 0 Å². The molecule has 0 aromatic heterocycles. The molecule has 0 saturated heterocycles. The molecule has 6 aromatic rings. The molecule has 30 heavy (non-hydrogen) atoms. The Balaban J connectivity index is 1.41. The maximum Gasteiger partial charge on any atom is -0.0177 e. The van der Waals surface area contributed by atoms with Crippen LogP contribution in [0.2, 0.25) is 0 Å². The third-order valence-electron chi connectivity index (χ3n) is 6.01. The molecule has 0 bridgehead atoms. The first kappa shape index (κ1) is 17.0. The number of hydrogen-bond donors (Lipinski definition) is 0. The van der Waals surface area contributed by atoms with Crippen LogP contribution in [0.3, 0.4) is 0 Å². The van der Waals surface area contributed by atoms with Crippen LogP contribution >= 0.6 is 0 Å². The molecule has 0 atom stereocenters. The highest BCUT2D eigenvalue weighted by Gasteiger charge is 2.05. The van der Waals surface area contributed by atoms with Crippen LogP contribution in [0.4, 0.5) is 0 Å². The number of benzene rings is 6. The van der Waals surface area contributed by atoms with Crippen molar-refractivity contribution in [2.75, 3.05) is 0 Å². The maximum absolute atomic E-state index is 2.30. The van der Waals surface area contributed by atoms with E-state index in [4.69, 9.17) is 0 Å². The smallest absolute Gasteiger partial charge is 0.0177 e. The van der Waals surface area contributed by atoms with Crippen LogP contribution in [0.15, 0.2) is 121 Å². The molecule has 0 nitrogen and oxygen atoms in total. The molecule has 0 unspecified atom stereocenters. The molecule has 0 amide bonds. The summed E-state index contributed by atoms with van der Waals surface area (Å²) in [6, 6.07) is 44.0. The second-order valence-corrected chi connectivity index (χ2v) is 7.90. The average molecular weight is 380 g/mol. The van der Waals surface area contributed by atoms with E-state index in [0.29, 0.717) is 0 Å². The Labute approximate surface area is 176 Å². The first-order chi connectivity index (χ1) is 14.8. The van der Waals surface area contributed by atoms with E-state index in [0.717, 1.165) is 0 Å². The third kappa shape index (κ3) is 2.94. The van der Waals surface area contributed by atoms with Gasteiger partial charge in [0.1, 0.15) is 0 Å². The Hall–Kier alpha value is -3.90. The fraction of sp³-hybridized carbons (Fsp3) is 0. The van der Waals surface area contributed by atoms with Gasteiger partial charge < -0.3 is 0 Å². The van der Waals surface area contributed by atoms with Crippen molar-refractivity contribution in [2.24, 2.45) is 0 Å². The van der Waals surface area contributed by atoms with Crippen LogP contribution in [0, 0.1) is 0 Å². The Morgan fingerprint density at radius 3 is 0.867 bits per heavy atom. The Bertz CT molecular complexity index is 1420. The summed E-state index contributed by atoms with van der Waals surface area (Å²) in [5.74, 6) is 0. The molecule has 0 spiro atoms. The minimum atomic E-state index is 1.26. The summed E-state index contributed by atoms with van der Waals surface area (Å²) < 4.78 is 0. The monoisotopic (exact) mass is 380 g/mol. The highest BCUT2D eigenvalue weighted by atomic mass is 14.1. The molecule has 0 N–H and O–H groups in total. The first-order valence-electron chi connectivity index (χ1n) is 10.4. The molecule has 0 aliphatic rings. The fourth-order valence-corrected chi connectivity index (χ4v) is 4.34. The van der Waals surface area contributed by atoms with Gasteiger partial charge in [-0.05, 0) is 78.8 Å². The molecule has 6 aromatic carbocycles. The molecular formula is C30H20. The highest BCUT2D eigenvalue weighted by Crippen LogP contribution is 2.31. The van der Waals surface area contributed by atoms with Crippen molar-refractivity contribution in [3.8, 4) is 22.3 Å². The summed E-state index contributed by atoms with van der Waals surface area (Å²) in [5, 5.41) is 7.66. The van der Waals surface area contributed by atoms with Crippen molar-refractivity contribution in [3.63, 3.8) is 0 Å². The maximum atomic E-state index is 2.30. The van der Waals surface area contributed by atoms with E-state index in [1.165, 1.54) is 54.6 Å². The quantitative estimate of drug-likeness (QED) is 0.282. The van der Waals surface area contributed by atoms with Gasteiger partial charge in [-0.2, -0.15) is 0 Å². The predicted octanol–water partition coefficient (Wildman–Crippen LogP) is 8.48. The molecular weight excluding hydrogens is 360 g/mol. The van der Waals surface area contributed by atoms with E-state index < -0.39 is 0 Å². The van der Waals surface area contributed by atoms with Crippen molar-refractivity contribution in [1.29, 1.82) is 0 Å². The van der Waals surface area contributed by atoms with Crippen LogP contribution in [-0.4, -0.2) is 0 Å². The van der Waals surface area contributed by atoms with Crippen molar-refractivity contribution >= 4 is 32.3 Å². The Kier molecular flexibility index (Phi) is 3.89. The number of fused-ring (bicyclic) bond motifs is 3. The normalized spacial score (nSPS) is 11.3. The second kappa shape index (κ2) is 6.86. The van der Waals surface area contributed by atoms with Gasteiger partial charge in [0.25, 0.3) is 0 Å². The highest BCUT2D eigenvalue weighted by molar-refractivity contribution is 5.94. The molecule has 0 saturated carbocycles. The van der Waals surface area contributed by atoms with Gasteiger partial charge in [-0.25, -0.2) is 0 Å². The van der Waals surface area contributed by atoms with E-state index in [1.54, 1.807) is 0 Å². The molecule has 0 aliphatic carbocycles. The molecule has 0 aliphatic heterocycles. The Morgan fingerprint density at radius 2 is 0.500 bits per heavy atom. The summed E-state index contributed by atoms with van der Waals surface area (Å²) in [6.45, 7) is 0. The van der Waals surface area contributed by atoms with Gasteiger partial charge in [-0.3, -0.25) is 0 Å². The van der Waals surface area contributed by atoms with Crippen LogP contribution in [-0.2, 0) is 0 Å². The van der Waals surface area contributed by atoms with Crippen molar-refractivity contribution in [2.45, 2.75) is 0 Å². The number of rotatable bonds is 2. The number of hydrogen-bond acceptors (Lipinski definition) is 0. The van der Waals surface area contributed by atoms with Gasteiger partial charge in [0, 0.05) is 0 Å². The van der Waals surface area contributed by atoms with Crippen molar-refractivity contribution in [3.05, 3.63) is 121 Å². The summed E-state index contributed by atoms with van der Waals surface area (Å²) in [5.41, 5.74) is 5.03. The lowest BCUT2D eigenvalue weighted by molar-refractivity contribution is 1.65. The lowest BCUT2D eigenvalue weighted by Crippen LogP contribution is -1.83. The molecule has 0 heterocycles. The van der Waals surface area contributed by atoms with Crippen LogP contribution in [0.1, 0.15) is 0 Å². The van der Waals surface area contributed by atoms with Gasteiger partial charge in [0.2, 0.25) is 0 Å². The van der Waals surface area contributed by atoms with E-state index in [9.17, 15) is 0 Å². The zero-order valence-electron chi connectivity index (χ0n) is 16.5. The van der Waals surface area contributed by atoms with Crippen LogP contribution in [0.5, 0.6) is 0 Å².